The summed E-state index contributed by atoms with van der Waals surface area (Å²) in [6, 6.07) is 6.83. The second-order valence-corrected chi connectivity index (χ2v) is 8.70. The van der Waals surface area contributed by atoms with E-state index in [4.69, 9.17) is 9.47 Å². The van der Waals surface area contributed by atoms with Crippen molar-refractivity contribution in [3.8, 4) is 11.5 Å². The van der Waals surface area contributed by atoms with Crippen molar-refractivity contribution in [2.45, 2.75) is 52.1 Å². The molecule has 8 heteroatoms. The average molecular weight is 430 g/mol. The van der Waals surface area contributed by atoms with E-state index in [9.17, 15) is 4.79 Å². The van der Waals surface area contributed by atoms with Crippen LogP contribution in [0.25, 0.3) is 0 Å². The van der Waals surface area contributed by atoms with Gasteiger partial charge in [-0.2, -0.15) is 0 Å². The Bertz CT molecular complexity index is 859. The zero-order valence-electron chi connectivity index (χ0n) is 19.3. The third-order valence-electron chi connectivity index (χ3n) is 5.89. The van der Waals surface area contributed by atoms with Crippen molar-refractivity contribution in [1.29, 1.82) is 0 Å². The zero-order chi connectivity index (χ0) is 22.4. The first kappa shape index (κ1) is 23.1. The molecule has 1 saturated heterocycles. The number of hydrogen-bond donors (Lipinski definition) is 1. The minimum atomic E-state index is -0.152. The van der Waals surface area contributed by atoms with E-state index in [1.807, 2.05) is 10.7 Å². The van der Waals surface area contributed by atoms with Gasteiger partial charge >= 0.3 is 0 Å². The van der Waals surface area contributed by atoms with Gasteiger partial charge in [0.05, 0.1) is 26.5 Å². The number of carbonyl (C=O) groups is 1. The number of piperidine rings is 1. The molecule has 1 fully saturated rings. The van der Waals surface area contributed by atoms with Gasteiger partial charge in [-0.3, -0.25) is 4.79 Å². The summed E-state index contributed by atoms with van der Waals surface area (Å²) in [7, 11) is 3.32. The van der Waals surface area contributed by atoms with Crippen LogP contribution in [0.5, 0.6) is 11.5 Å². The SMILES string of the molecule is COc1ccc(C[C@@H](C)N2CCC(n3cc(C(=O)NCC(C)C)nn3)CC2)cc1OC. The molecule has 1 amide bonds. The maximum Gasteiger partial charge on any atom is 0.273 e. The zero-order valence-corrected chi connectivity index (χ0v) is 19.3. The third-order valence-corrected chi connectivity index (χ3v) is 5.89. The first-order chi connectivity index (χ1) is 14.9. The topological polar surface area (TPSA) is 81.5 Å². The van der Waals surface area contributed by atoms with Crippen LogP contribution < -0.4 is 14.8 Å². The number of aromatic nitrogens is 3. The summed E-state index contributed by atoms with van der Waals surface area (Å²) in [6.07, 6.45) is 4.72. The molecular formula is C23H35N5O3. The van der Waals surface area contributed by atoms with Gasteiger partial charge in [0.2, 0.25) is 0 Å². The highest BCUT2D eigenvalue weighted by Crippen LogP contribution is 2.29. The summed E-state index contributed by atoms with van der Waals surface area (Å²) in [6.45, 7) is 9.03. The van der Waals surface area contributed by atoms with Crippen LogP contribution in [0.4, 0.5) is 0 Å². The van der Waals surface area contributed by atoms with E-state index in [0.29, 0.717) is 24.2 Å². The number of carbonyl (C=O) groups excluding carboxylic acids is 1. The van der Waals surface area contributed by atoms with Gasteiger partial charge in [-0.1, -0.05) is 25.1 Å². The smallest absolute Gasteiger partial charge is 0.273 e. The molecule has 1 aromatic heterocycles. The van der Waals surface area contributed by atoms with Gasteiger partial charge in [0.1, 0.15) is 0 Å². The van der Waals surface area contributed by atoms with Crippen molar-refractivity contribution >= 4 is 5.91 Å². The van der Waals surface area contributed by atoms with Crippen LogP contribution in [0.1, 0.15) is 55.7 Å². The number of methoxy groups -OCH3 is 2. The average Bonchev–Trinajstić information content (AvgIpc) is 3.27. The molecule has 0 bridgehead atoms. The molecule has 1 N–H and O–H groups in total. The van der Waals surface area contributed by atoms with E-state index in [0.717, 1.165) is 43.9 Å². The normalized spacial score (nSPS) is 16.3. The molecule has 1 aliphatic rings. The fourth-order valence-electron chi connectivity index (χ4n) is 4.02. The number of amides is 1. The predicted octanol–water partition coefficient (Wildman–Crippen LogP) is 2.95. The molecule has 0 radical (unpaired) electrons. The summed E-state index contributed by atoms with van der Waals surface area (Å²) >= 11 is 0. The van der Waals surface area contributed by atoms with Gasteiger partial charge in [-0.25, -0.2) is 4.68 Å². The monoisotopic (exact) mass is 429 g/mol. The lowest BCUT2D eigenvalue weighted by atomic mass is 10.00. The van der Waals surface area contributed by atoms with E-state index in [1.165, 1.54) is 5.56 Å². The minimum absolute atomic E-state index is 0.152. The Morgan fingerprint density at radius 2 is 1.87 bits per heavy atom. The fraction of sp³-hybridized carbons (Fsp3) is 0.609. The maximum atomic E-state index is 12.2. The molecule has 0 spiro atoms. The third kappa shape index (κ3) is 5.97. The van der Waals surface area contributed by atoms with E-state index in [-0.39, 0.29) is 11.9 Å². The van der Waals surface area contributed by atoms with Crippen LogP contribution in [-0.2, 0) is 6.42 Å². The molecule has 0 unspecified atom stereocenters. The fourth-order valence-corrected chi connectivity index (χ4v) is 4.02. The highest BCUT2D eigenvalue weighted by atomic mass is 16.5. The van der Waals surface area contributed by atoms with Crippen molar-refractivity contribution in [2.75, 3.05) is 33.9 Å². The lowest BCUT2D eigenvalue weighted by Gasteiger charge is -2.36. The van der Waals surface area contributed by atoms with Gasteiger partial charge < -0.3 is 19.7 Å². The van der Waals surface area contributed by atoms with E-state index >= 15 is 0 Å². The van der Waals surface area contributed by atoms with Gasteiger partial charge in [-0.05, 0) is 49.8 Å². The summed E-state index contributed by atoms with van der Waals surface area (Å²) < 4.78 is 12.6. The Morgan fingerprint density at radius 3 is 2.52 bits per heavy atom. The highest BCUT2D eigenvalue weighted by Gasteiger charge is 2.25. The van der Waals surface area contributed by atoms with Crippen molar-refractivity contribution in [3.05, 3.63) is 35.7 Å². The Kier molecular flexibility index (Phi) is 7.90. The summed E-state index contributed by atoms with van der Waals surface area (Å²) in [5.74, 6) is 1.78. The van der Waals surface area contributed by atoms with Crippen LogP contribution in [0.2, 0.25) is 0 Å². The quantitative estimate of drug-likeness (QED) is 0.660. The number of rotatable bonds is 9. The lowest BCUT2D eigenvalue weighted by Crippen LogP contribution is -2.41. The summed E-state index contributed by atoms with van der Waals surface area (Å²) in [5.41, 5.74) is 1.63. The molecule has 1 aromatic carbocycles. The van der Waals surface area contributed by atoms with Crippen molar-refractivity contribution in [2.24, 2.45) is 5.92 Å². The first-order valence-electron chi connectivity index (χ1n) is 11.1. The van der Waals surface area contributed by atoms with Crippen LogP contribution in [0, 0.1) is 5.92 Å². The van der Waals surface area contributed by atoms with E-state index in [2.05, 4.69) is 53.4 Å². The van der Waals surface area contributed by atoms with E-state index < -0.39 is 0 Å². The van der Waals surface area contributed by atoms with Crippen molar-refractivity contribution in [1.82, 2.24) is 25.2 Å². The molecule has 2 heterocycles. The second-order valence-electron chi connectivity index (χ2n) is 8.70. The molecule has 8 nitrogen and oxygen atoms in total. The van der Waals surface area contributed by atoms with Gasteiger partial charge in [-0.15, -0.1) is 5.10 Å². The van der Waals surface area contributed by atoms with Crippen molar-refractivity contribution in [3.63, 3.8) is 0 Å². The van der Waals surface area contributed by atoms with Crippen LogP contribution in [-0.4, -0.2) is 65.7 Å². The number of benzene rings is 1. The highest BCUT2D eigenvalue weighted by molar-refractivity contribution is 5.91. The van der Waals surface area contributed by atoms with Gasteiger partial charge in [0, 0.05) is 25.7 Å². The minimum Gasteiger partial charge on any atom is -0.493 e. The molecule has 170 valence electrons. The molecule has 2 aromatic rings. The number of hydrogen-bond acceptors (Lipinski definition) is 6. The second kappa shape index (κ2) is 10.6. The molecule has 0 saturated carbocycles. The molecule has 3 rings (SSSR count). The van der Waals surface area contributed by atoms with Gasteiger partial charge in [0.15, 0.2) is 17.2 Å². The standard InChI is InChI=1S/C23H35N5O3/c1-16(2)14-24-23(29)20-15-28(26-25-20)19-8-10-27(11-9-19)17(3)12-18-6-7-21(30-4)22(13-18)31-5/h6-7,13,15-17,19H,8-12,14H2,1-5H3,(H,24,29)/t17-/m1/s1. The lowest BCUT2D eigenvalue weighted by molar-refractivity contribution is 0.0944. The predicted molar refractivity (Wildman–Crippen MR) is 120 cm³/mol. The Morgan fingerprint density at radius 1 is 1.16 bits per heavy atom. The molecule has 31 heavy (non-hydrogen) atoms. The first-order valence-corrected chi connectivity index (χ1v) is 11.1. The molecule has 0 aliphatic carbocycles. The largest absolute Gasteiger partial charge is 0.493 e. The Balaban J connectivity index is 1.52. The van der Waals surface area contributed by atoms with Gasteiger partial charge in [0.25, 0.3) is 5.91 Å². The molecule has 1 aliphatic heterocycles. The molecule has 1 atom stereocenters. The Hall–Kier alpha value is -2.61. The number of nitrogens with one attached hydrogen (secondary N) is 1. The summed E-state index contributed by atoms with van der Waals surface area (Å²) in [5, 5.41) is 11.2. The Labute approximate surface area is 184 Å². The molecular weight excluding hydrogens is 394 g/mol. The number of nitrogens with zero attached hydrogens (tertiary/aromatic N) is 4. The van der Waals surface area contributed by atoms with Crippen molar-refractivity contribution < 1.29 is 14.3 Å². The van der Waals surface area contributed by atoms with Crippen LogP contribution >= 0.6 is 0 Å². The maximum absolute atomic E-state index is 12.2. The number of ether oxygens (including phenoxy) is 2. The number of likely N-dealkylation sites (tertiary alicyclic amines) is 1. The van der Waals surface area contributed by atoms with Crippen LogP contribution in [0.15, 0.2) is 24.4 Å². The summed E-state index contributed by atoms with van der Waals surface area (Å²) in [4.78, 5) is 14.7. The van der Waals surface area contributed by atoms with Crippen LogP contribution in [0.3, 0.4) is 0 Å². The van der Waals surface area contributed by atoms with E-state index in [1.54, 1.807) is 20.4 Å².